The normalized spacial score (nSPS) is 18.6. The Balaban J connectivity index is 2.26. The van der Waals surface area contributed by atoms with Gasteiger partial charge in [-0.05, 0) is 12.1 Å². The van der Waals surface area contributed by atoms with E-state index in [9.17, 15) is 4.79 Å². The second-order valence-electron chi connectivity index (χ2n) is 3.04. The minimum absolute atomic E-state index is 0.0955. The van der Waals surface area contributed by atoms with Crippen LogP contribution in [0, 0.1) is 0 Å². The van der Waals surface area contributed by atoms with Gasteiger partial charge in [-0.2, -0.15) is 0 Å². The van der Waals surface area contributed by atoms with E-state index in [0.717, 1.165) is 15.8 Å². The molecule has 0 fully saturated rings. The number of nitrogens with one attached hydrogen (secondary N) is 2. The fourth-order valence-corrected chi connectivity index (χ4v) is 1.67. The number of benzene rings is 1. The van der Waals surface area contributed by atoms with Gasteiger partial charge in [-0.3, -0.25) is 4.79 Å². The molecule has 0 spiro atoms. The molecule has 1 unspecified atom stereocenters. The van der Waals surface area contributed by atoms with Crippen LogP contribution in [0.3, 0.4) is 0 Å². The summed E-state index contributed by atoms with van der Waals surface area (Å²) < 4.78 is 0.946. The van der Waals surface area contributed by atoms with Gasteiger partial charge in [0.15, 0.2) is 5.75 Å². The van der Waals surface area contributed by atoms with Crippen LogP contribution in [0.5, 0.6) is 5.75 Å². The number of halogens is 1. The van der Waals surface area contributed by atoms with Crippen LogP contribution < -0.4 is 15.6 Å². The van der Waals surface area contributed by atoms with Crippen molar-refractivity contribution in [3.8, 4) is 5.75 Å². The van der Waals surface area contributed by atoms with Gasteiger partial charge in [-0.1, -0.05) is 22.0 Å². The molecule has 2 N–H and O–H groups in total. The first-order valence-corrected chi connectivity index (χ1v) is 4.95. The summed E-state index contributed by atoms with van der Waals surface area (Å²) in [5.41, 5.74) is 3.66. The molecule has 1 aromatic carbocycles. The molecule has 1 amide bonds. The molecule has 0 saturated carbocycles. The minimum Gasteiger partial charge on any atom is -0.406 e. The summed E-state index contributed by atoms with van der Waals surface area (Å²) >= 11 is 3.34. The molecule has 2 rings (SSSR count). The van der Waals surface area contributed by atoms with E-state index in [2.05, 4.69) is 26.7 Å². The number of fused-ring (bicyclic) bond motifs is 1. The number of carbonyl (C=O) groups is 1. The molecule has 1 aliphatic rings. The average molecular weight is 257 g/mol. The highest BCUT2D eigenvalue weighted by Crippen LogP contribution is 2.31. The standard InChI is InChI=1S/C9H9BrN2O2/c1-5(13)11-9-7-3-2-6(10)4-8(7)14-12-9/h2-4,9,12H,1H3,(H,11,13). The Labute approximate surface area is 89.7 Å². The smallest absolute Gasteiger partial charge is 0.218 e. The van der Waals surface area contributed by atoms with Crippen molar-refractivity contribution in [2.45, 2.75) is 13.1 Å². The molecule has 0 bridgehead atoms. The van der Waals surface area contributed by atoms with Gasteiger partial charge in [-0.25, -0.2) is 0 Å². The van der Waals surface area contributed by atoms with Crippen molar-refractivity contribution in [1.82, 2.24) is 10.8 Å². The predicted octanol–water partition coefficient (Wildman–Crippen LogP) is 1.48. The minimum atomic E-state index is -0.254. The SMILES string of the molecule is CC(=O)NC1NOc2cc(Br)ccc21. The van der Waals surface area contributed by atoms with E-state index < -0.39 is 0 Å². The Morgan fingerprint density at radius 1 is 1.64 bits per heavy atom. The third kappa shape index (κ3) is 1.73. The third-order valence-electron chi connectivity index (χ3n) is 1.92. The summed E-state index contributed by atoms with van der Waals surface area (Å²) in [7, 11) is 0. The molecule has 0 aliphatic carbocycles. The molecule has 1 heterocycles. The molecule has 0 radical (unpaired) electrons. The third-order valence-corrected chi connectivity index (χ3v) is 2.41. The summed E-state index contributed by atoms with van der Waals surface area (Å²) in [5, 5.41) is 2.73. The fraction of sp³-hybridized carbons (Fsp3) is 0.222. The Hall–Kier alpha value is -1.07. The van der Waals surface area contributed by atoms with Crippen LogP contribution >= 0.6 is 15.9 Å². The van der Waals surface area contributed by atoms with Gasteiger partial charge in [-0.15, -0.1) is 5.48 Å². The van der Waals surface area contributed by atoms with Crippen molar-refractivity contribution in [3.05, 3.63) is 28.2 Å². The van der Waals surface area contributed by atoms with Crippen LogP contribution in [0.1, 0.15) is 18.7 Å². The van der Waals surface area contributed by atoms with Crippen LogP contribution in [-0.2, 0) is 4.79 Å². The first-order valence-electron chi connectivity index (χ1n) is 4.16. The molecule has 1 aliphatic heterocycles. The number of hydroxylamine groups is 1. The summed E-state index contributed by atoms with van der Waals surface area (Å²) in [6, 6.07) is 5.66. The Morgan fingerprint density at radius 3 is 3.14 bits per heavy atom. The highest BCUT2D eigenvalue weighted by molar-refractivity contribution is 9.10. The maximum absolute atomic E-state index is 10.9. The van der Waals surface area contributed by atoms with E-state index in [0.29, 0.717) is 0 Å². The van der Waals surface area contributed by atoms with Crippen molar-refractivity contribution in [2.24, 2.45) is 0 Å². The van der Waals surface area contributed by atoms with Gasteiger partial charge in [0, 0.05) is 17.0 Å². The lowest BCUT2D eigenvalue weighted by molar-refractivity contribution is -0.120. The zero-order valence-electron chi connectivity index (χ0n) is 7.50. The van der Waals surface area contributed by atoms with Crippen molar-refractivity contribution in [2.75, 3.05) is 0 Å². The molecular formula is C9H9BrN2O2. The Bertz CT molecular complexity index is 381. The molecular weight excluding hydrogens is 248 g/mol. The maximum atomic E-state index is 10.9. The van der Waals surface area contributed by atoms with E-state index in [1.165, 1.54) is 6.92 Å². The summed E-state index contributed by atoms with van der Waals surface area (Å²) in [4.78, 5) is 16.1. The van der Waals surface area contributed by atoms with Gasteiger partial charge < -0.3 is 10.2 Å². The van der Waals surface area contributed by atoms with Gasteiger partial charge >= 0.3 is 0 Å². The average Bonchev–Trinajstić information content (AvgIpc) is 2.47. The number of carbonyl (C=O) groups excluding carboxylic acids is 1. The number of hydrogen-bond donors (Lipinski definition) is 2. The van der Waals surface area contributed by atoms with Gasteiger partial charge in [0.1, 0.15) is 6.17 Å². The zero-order valence-corrected chi connectivity index (χ0v) is 9.09. The van der Waals surface area contributed by atoms with Gasteiger partial charge in [0.25, 0.3) is 0 Å². The van der Waals surface area contributed by atoms with Crippen LogP contribution in [0.15, 0.2) is 22.7 Å². The molecule has 0 saturated heterocycles. The highest BCUT2D eigenvalue weighted by atomic mass is 79.9. The monoisotopic (exact) mass is 256 g/mol. The number of amides is 1. The molecule has 14 heavy (non-hydrogen) atoms. The van der Waals surface area contributed by atoms with E-state index in [1.807, 2.05) is 18.2 Å². The van der Waals surface area contributed by atoms with E-state index in [1.54, 1.807) is 0 Å². The summed E-state index contributed by atoms with van der Waals surface area (Å²) in [6.07, 6.45) is -0.254. The fourth-order valence-electron chi connectivity index (χ4n) is 1.33. The van der Waals surface area contributed by atoms with Gasteiger partial charge in [0.2, 0.25) is 5.91 Å². The molecule has 1 aromatic rings. The maximum Gasteiger partial charge on any atom is 0.218 e. The summed E-state index contributed by atoms with van der Waals surface area (Å²) in [5.74, 6) is 0.639. The van der Waals surface area contributed by atoms with Crippen LogP contribution in [0.2, 0.25) is 0 Å². The molecule has 74 valence electrons. The van der Waals surface area contributed by atoms with Crippen LogP contribution in [0.4, 0.5) is 0 Å². The zero-order chi connectivity index (χ0) is 10.1. The predicted molar refractivity (Wildman–Crippen MR) is 54.5 cm³/mol. The van der Waals surface area contributed by atoms with Crippen LogP contribution in [-0.4, -0.2) is 5.91 Å². The van der Waals surface area contributed by atoms with Crippen molar-refractivity contribution in [1.29, 1.82) is 0 Å². The quantitative estimate of drug-likeness (QED) is 0.801. The lowest BCUT2D eigenvalue weighted by Gasteiger charge is -2.09. The van der Waals surface area contributed by atoms with Crippen molar-refractivity contribution in [3.63, 3.8) is 0 Å². The second kappa shape index (κ2) is 3.59. The number of hydrogen-bond acceptors (Lipinski definition) is 3. The lowest BCUT2D eigenvalue weighted by atomic mass is 10.1. The molecule has 1 atom stereocenters. The van der Waals surface area contributed by atoms with Gasteiger partial charge in [0.05, 0.1) is 0 Å². The number of rotatable bonds is 1. The largest absolute Gasteiger partial charge is 0.406 e. The summed E-state index contributed by atoms with van der Waals surface area (Å²) in [6.45, 7) is 1.47. The molecule has 0 aromatic heterocycles. The van der Waals surface area contributed by atoms with E-state index in [-0.39, 0.29) is 12.1 Å². The Morgan fingerprint density at radius 2 is 2.43 bits per heavy atom. The topological polar surface area (TPSA) is 50.4 Å². The van der Waals surface area contributed by atoms with Crippen molar-refractivity contribution < 1.29 is 9.63 Å². The van der Waals surface area contributed by atoms with Crippen LogP contribution in [0.25, 0.3) is 0 Å². The first kappa shape index (κ1) is 9.48. The second-order valence-corrected chi connectivity index (χ2v) is 3.95. The molecule has 4 nitrogen and oxygen atoms in total. The highest BCUT2D eigenvalue weighted by Gasteiger charge is 2.24. The Kier molecular flexibility index (Phi) is 2.43. The van der Waals surface area contributed by atoms with E-state index >= 15 is 0 Å². The lowest BCUT2D eigenvalue weighted by Crippen LogP contribution is -2.33. The van der Waals surface area contributed by atoms with Crippen molar-refractivity contribution >= 4 is 21.8 Å². The van der Waals surface area contributed by atoms with E-state index in [4.69, 9.17) is 4.84 Å². The molecule has 5 heteroatoms. The first-order chi connectivity index (χ1) is 6.66.